The van der Waals surface area contributed by atoms with Crippen molar-refractivity contribution in [2.45, 2.75) is 33.8 Å². The summed E-state index contributed by atoms with van der Waals surface area (Å²) < 4.78 is 5.50. The number of halogens is 2. The maximum absolute atomic E-state index is 6.16. The minimum absolute atomic E-state index is 0.408. The van der Waals surface area contributed by atoms with Crippen molar-refractivity contribution in [2.24, 2.45) is 0 Å². The first-order valence-electron chi connectivity index (χ1n) is 10.2. The summed E-state index contributed by atoms with van der Waals surface area (Å²) >= 11 is 5.10. The highest BCUT2D eigenvalue weighted by Crippen LogP contribution is 2.26. The number of nitrogen functional groups attached to an aromatic ring is 2. The number of unbranched alkanes of at least 4 members (excludes halogenated alkanes) is 1. The van der Waals surface area contributed by atoms with Crippen molar-refractivity contribution in [3.8, 4) is 0 Å². The van der Waals surface area contributed by atoms with E-state index in [-0.39, 0.29) is 0 Å². The fraction of sp³-hybridized carbons (Fsp3) is 0.250. The Bertz CT molecular complexity index is 1090. The number of pyridine rings is 2. The summed E-state index contributed by atoms with van der Waals surface area (Å²) in [6.45, 7) is 0. The molecule has 0 radical (unpaired) electrons. The summed E-state index contributed by atoms with van der Waals surface area (Å²) in [5.74, 6) is 0. The van der Waals surface area contributed by atoms with Crippen LogP contribution in [0.5, 0.6) is 0 Å². The Balaban J connectivity index is 1.39. The van der Waals surface area contributed by atoms with Crippen molar-refractivity contribution in [3.63, 3.8) is 0 Å². The molecule has 2 unspecified atom stereocenters. The lowest BCUT2D eigenvalue weighted by atomic mass is 10.1. The van der Waals surface area contributed by atoms with Crippen molar-refractivity contribution in [2.75, 3.05) is 11.5 Å². The van der Waals surface area contributed by atoms with Crippen LogP contribution in [-0.4, -0.2) is 0 Å². The van der Waals surface area contributed by atoms with Crippen LogP contribution in [0.3, 0.4) is 0 Å². The van der Waals surface area contributed by atoms with Gasteiger partial charge in [0.2, 0.25) is 19.1 Å². The van der Waals surface area contributed by atoms with E-state index in [2.05, 4.69) is 103 Å². The van der Waals surface area contributed by atoms with Crippen LogP contribution in [-0.2, 0) is 0 Å². The molecule has 2 aromatic heterocycles. The normalized spacial score (nSPS) is 13.5. The van der Waals surface area contributed by atoms with Crippen LogP contribution in [0.15, 0.2) is 73.1 Å². The Morgan fingerprint density at radius 2 is 1.03 bits per heavy atom. The van der Waals surface area contributed by atoms with E-state index in [1.54, 1.807) is 0 Å². The van der Waals surface area contributed by atoms with Gasteiger partial charge in [-0.2, -0.15) is 9.13 Å². The zero-order valence-corrected chi connectivity index (χ0v) is 21.0. The maximum Gasteiger partial charge on any atom is 0.215 e. The molecule has 30 heavy (non-hydrogen) atoms. The third-order valence-electron chi connectivity index (χ3n) is 5.55. The van der Waals surface area contributed by atoms with Gasteiger partial charge in [0.15, 0.2) is 12.4 Å². The van der Waals surface area contributed by atoms with E-state index in [0.717, 1.165) is 35.0 Å². The molecule has 0 saturated carbocycles. The number of hydrogen-bond donors (Lipinski definition) is 2. The Morgan fingerprint density at radius 1 is 0.633 bits per heavy atom. The molecule has 2 aromatic carbocycles. The van der Waals surface area contributed by atoms with Gasteiger partial charge in [-0.05, 0) is 70.2 Å². The number of aromatic nitrogens is 2. The predicted molar refractivity (Wildman–Crippen MR) is 142 cm³/mol. The second-order valence-electron chi connectivity index (χ2n) is 7.54. The average Bonchev–Trinajstić information content (AvgIpc) is 2.77. The molecule has 2 heterocycles. The zero-order valence-electron chi connectivity index (χ0n) is 16.7. The molecule has 4 rings (SSSR count). The Morgan fingerprint density at radius 3 is 1.47 bits per heavy atom. The molecule has 0 aliphatic rings. The fourth-order valence-corrected chi connectivity index (χ4v) is 5.79. The second-order valence-corrected chi connectivity index (χ2v) is 10.4. The number of fused-ring (bicyclic) bond motifs is 2. The van der Waals surface area contributed by atoms with Gasteiger partial charge in [0.25, 0.3) is 0 Å². The highest BCUT2D eigenvalue weighted by Gasteiger charge is 2.21. The molecule has 0 bridgehead atoms. The fourth-order valence-electron chi connectivity index (χ4n) is 3.94. The van der Waals surface area contributed by atoms with E-state index < -0.39 is 0 Å². The smallest absolute Gasteiger partial charge is 0.215 e. The third-order valence-corrected chi connectivity index (χ3v) is 8.00. The van der Waals surface area contributed by atoms with Crippen LogP contribution < -0.4 is 20.6 Å². The minimum Gasteiger partial charge on any atom is -0.398 e. The molecular weight excluding hydrogens is 598 g/mol. The first-order valence-corrected chi connectivity index (χ1v) is 12.7. The lowest BCUT2D eigenvalue weighted by Gasteiger charge is -2.11. The summed E-state index contributed by atoms with van der Waals surface area (Å²) in [5.41, 5.74) is 16.4. The highest BCUT2D eigenvalue weighted by atomic mass is 127. The molecule has 4 N–H and O–H groups in total. The summed E-state index contributed by atoms with van der Waals surface area (Å²) in [6.07, 6.45) is 8.88. The monoisotopic (exact) mass is 624 g/mol. The number of hydrogen-bond acceptors (Lipinski definition) is 2. The van der Waals surface area contributed by atoms with Crippen molar-refractivity contribution < 1.29 is 9.13 Å². The van der Waals surface area contributed by atoms with Crippen LogP contribution in [0, 0.1) is 0 Å². The molecule has 154 valence electrons. The molecule has 0 fully saturated rings. The Kier molecular flexibility index (Phi) is 6.92. The van der Waals surface area contributed by atoms with Crippen LogP contribution in [0.25, 0.3) is 21.8 Å². The lowest BCUT2D eigenvalue weighted by Crippen LogP contribution is -2.37. The summed E-state index contributed by atoms with van der Waals surface area (Å²) in [6, 6.07) is 20.8. The highest BCUT2D eigenvalue weighted by molar-refractivity contribution is 14.1. The van der Waals surface area contributed by atoms with Gasteiger partial charge in [-0.3, -0.25) is 0 Å². The molecule has 0 aliphatic carbocycles. The van der Waals surface area contributed by atoms with Gasteiger partial charge in [-0.15, -0.1) is 0 Å². The Hall–Kier alpha value is -1.68. The van der Waals surface area contributed by atoms with Gasteiger partial charge in [0.1, 0.15) is 0 Å². The average molecular weight is 624 g/mol. The van der Waals surface area contributed by atoms with Gasteiger partial charge < -0.3 is 11.5 Å². The number of anilines is 2. The zero-order chi connectivity index (χ0) is 21.1. The first kappa shape index (κ1) is 21.5. The van der Waals surface area contributed by atoms with Crippen LogP contribution in [0.4, 0.5) is 11.4 Å². The van der Waals surface area contributed by atoms with Crippen molar-refractivity contribution in [1.82, 2.24) is 0 Å². The van der Waals surface area contributed by atoms with Crippen molar-refractivity contribution in [3.05, 3.63) is 73.1 Å². The maximum atomic E-state index is 6.16. The van der Waals surface area contributed by atoms with Gasteiger partial charge in [-0.1, -0.05) is 24.3 Å². The molecule has 0 saturated heterocycles. The molecular formula is C24H26I2N4+2. The molecule has 4 aromatic rings. The predicted octanol–water partition coefficient (Wildman–Crippen LogP) is 5.86. The molecule has 0 amide bonds. The van der Waals surface area contributed by atoms with Crippen LogP contribution in [0.1, 0.15) is 33.8 Å². The van der Waals surface area contributed by atoms with Gasteiger partial charge in [-0.25, -0.2) is 0 Å². The molecule has 0 spiro atoms. The molecule has 4 nitrogen and oxygen atoms in total. The topological polar surface area (TPSA) is 59.8 Å². The van der Waals surface area contributed by atoms with E-state index in [1.165, 1.54) is 23.9 Å². The molecule has 0 aliphatic heterocycles. The second kappa shape index (κ2) is 9.64. The number of benzene rings is 2. The van der Waals surface area contributed by atoms with Crippen molar-refractivity contribution in [1.29, 1.82) is 0 Å². The van der Waals surface area contributed by atoms with Crippen molar-refractivity contribution >= 4 is 78.4 Å². The summed E-state index contributed by atoms with van der Waals surface area (Å²) in [5, 5.41) is 2.25. The standard InChI is InChI=1S/C24H24I2N4/c25-23(29-15-13-19(27)17-7-1-3-9-21(17)29)11-5-6-12-24(26)30-16-14-20(28)18-8-2-4-10-22(18)30/h1-4,7-10,13-16,23-24,27-28H,5-6,11-12H2/p+2. The first-order chi connectivity index (χ1) is 14.6. The SMILES string of the molecule is Nc1cc[n+](C(I)CCCCC(I)[n+]2ccc(N)c3ccccc32)c2ccccc12. The lowest BCUT2D eigenvalue weighted by molar-refractivity contribution is -0.670. The van der Waals surface area contributed by atoms with E-state index in [1.807, 2.05) is 24.3 Å². The van der Waals surface area contributed by atoms with Gasteiger partial charge in [0.05, 0.1) is 22.1 Å². The quantitative estimate of drug-likeness (QED) is 0.117. The van der Waals surface area contributed by atoms with Gasteiger partial charge >= 0.3 is 0 Å². The van der Waals surface area contributed by atoms with E-state index in [9.17, 15) is 0 Å². The minimum atomic E-state index is 0.408. The third kappa shape index (κ3) is 4.49. The number of nitrogens with two attached hydrogens (primary N) is 2. The van der Waals surface area contributed by atoms with Crippen LogP contribution in [0.2, 0.25) is 0 Å². The molecule has 6 heteroatoms. The largest absolute Gasteiger partial charge is 0.398 e. The van der Waals surface area contributed by atoms with Gasteiger partial charge in [0, 0.05) is 37.1 Å². The number of para-hydroxylation sites is 2. The van der Waals surface area contributed by atoms with E-state index in [0.29, 0.717) is 8.10 Å². The summed E-state index contributed by atoms with van der Waals surface area (Å²) in [4.78, 5) is 0. The number of rotatable bonds is 7. The van der Waals surface area contributed by atoms with Crippen LogP contribution >= 0.6 is 45.2 Å². The Labute approximate surface area is 204 Å². The van der Waals surface area contributed by atoms with E-state index >= 15 is 0 Å². The van der Waals surface area contributed by atoms with E-state index in [4.69, 9.17) is 11.5 Å². The molecule has 2 atom stereocenters. The number of nitrogens with zero attached hydrogens (tertiary/aromatic N) is 2. The summed E-state index contributed by atoms with van der Waals surface area (Å²) in [7, 11) is 0. The number of alkyl halides is 2.